The zero-order chi connectivity index (χ0) is 21.2. The minimum absolute atomic E-state index is 0.375. The van der Waals surface area contributed by atoms with E-state index >= 15 is 0 Å². The largest absolute Gasteiger partial charge is 0.612 e. The monoisotopic (exact) mass is 434 g/mol. The van der Waals surface area contributed by atoms with E-state index < -0.39 is 11.2 Å². The summed E-state index contributed by atoms with van der Waals surface area (Å²) in [6.45, 7) is 3.12. The van der Waals surface area contributed by atoms with Crippen LogP contribution in [0.3, 0.4) is 0 Å². The highest BCUT2D eigenvalue weighted by atomic mass is 32.2. The first-order valence-electron chi connectivity index (χ1n) is 10.7. The maximum Gasteiger partial charge on any atom is 0.161 e. The van der Waals surface area contributed by atoms with Crippen LogP contribution >= 0.6 is 0 Å². The molecule has 5 nitrogen and oxygen atoms in total. The van der Waals surface area contributed by atoms with Crippen molar-refractivity contribution in [1.29, 1.82) is 0 Å². The lowest BCUT2D eigenvalue weighted by atomic mass is 10.0. The van der Waals surface area contributed by atoms with Crippen molar-refractivity contribution in [1.82, 2.24) is 9.88 Å². The molecule has 3 heterocycles. The maximum absolute atomic E-state index is 11.6. The van der Waals surface area contributed by atoms with E-state index in [9.17, 15) is 4.55 Å². The average Bonchev–Trinajstić information content (AvgIpc) is 3.27. The second-order valence-corrected chi connectivity index (χ2v) is 9.43. The van der Waals surface area contributed by atoms with Gasteiger partial charge in [-0.1, -0.05) is 12.1 Å². The van der Waals surface area contributed by atoms with Gasteiger partial charge in [0.05, 0.1) is 5.69 Å². The van der Waals surface area contributed by atoms with Crippen LogP contribution in [0.25, 0.3) is 11.1 Å². The molecule has 0 saturated carbocycles. The predicted octanol–water partition coefficient (Wildman–Crippen LogP) is 4.59. The molecule has 0 bridgehead atoms. The van der Waals surface area contributed by atoms with Crippen LogP contribution in [0.4, 0.5) is 0 Å². The van der Waals surface area contributed by atoms with Crippen molar-refractivity contribution < 1.29 is 14.0 Å². The molecule has 0 amide bonds. The molecule has 0 N–H and O–H groups in total. The van der Waals surface area contributed by atoms with E-state index in [1.54, 1.807) is 6.26 Å². The molecular weight excluding hydrogens is 408 g/mol. The third-order valence-corrected chi connectivity index (χ3v) is 6.96. The number of ether oxygens (including phenoxy) is 2. The number of nitrogens with zero attached hydrogens (tertiary/aromatic N) is 2. The van der Waals surface area contributed by atoms with Crippen LogP contribution in [0.15, 0.2) is 65.7 Å². The molecule has 0 spiro atoms. The van der Waals surface area contributed by atoms with Crippen LogP contribution in [0.2, 0.25) is 0 Å². The van der Waals surface area contributed by atoms with Crippen LogP contribution in [0.1, 0.15) is 30.1 Å². The molecule has 5 rings (SSSR count). The highest BCUT2D eigenvalue weighted by molar-refractivity contribution is 7.90. The Balaban J connectivity index is 1.29. The molecule has 1 aromatic heterocycles. The smallest absolute Gasteiger partial charge is 0.161 e. The van der Waals surface area contributed by atoms with Gasteiger partial charge in [-0.15, -0.1) is 0 Å². The van der Waals surface area contributed by atoms with Crippen LogP contribution in [0, 0.1) is 0 Å². The highest BCUT2D eigenvalue weighted by Crippen LogP contribution is 2.38. The minimum atomic E-state index is -0.957. The van der Waals surface area contributed by atoms with Gasteiger partial charge in [-0.05, 0) is 84.2 Å². The Labute approximate surface area is 186 Å². The minimum Gasteiger partial charge on any atom is -0.612 e. The number of pyridine rings is 1. The van der Waals surface area contributed by atoms with Gasteiger partial charge in [0.2, 0.25) is 0 Å². The van der Waals surface area contributed by atoms with Gasteiger partial charge in [0.15, 0.2) is 16.4 Å². The summed E-state index contributed by atoms with van der Waals surface area (Å²) in [4.78, 5) is 8.07. The first-order valence-corrected chi connectivity index (χ1v) is 12.3. The second-order valence-electron chi connectivity index (χ2n) is 8.05. The number of hydrogen-bond acceptors (Lipinski definition) is 5. The molecule has 2 aliphatic rings. The van der Waals surface area contributed by atoms with Crippen molar-refractivity contribution in [2.75, 3.05) is 26.0 Å². The van der Waals surface area contributed by atoms with Crippen molar-refractivity contribution in [3.05, 3.63) is 72.1 Å². The Bertz CT molecular complexity index is 1040. The van der Waals surface area contributed by atoms with Crippen molar-refractivity contribution in [3.63, 3.8) is 0 Å². The fraction of sp³-hybridized carbons (Fsp3) is 0.320. The summed E-state index contributed by atoms with van der Waals surface area (Å²) in [6.07, 6.45) is 5.95. The summed E-state index contributed by atoms with van der Waals surface area (Å²) in [5.74, 6) is 1.70. The second kappa shape index (κ2) is 8.91. The molecular formula is C25H26N2O3S. The van der Waals surface area contributed by atoms with Gasteiger partial charge in [-0.25, -0.2) is 0 Å². The maximum atomic E-state index is 11.6. The van der Waals surface area contributed by atoms with E-state index in [-0.39, 0.29) is 0 Å². The zero-order valence-electron chi connectivity index (χ0n) is 17.6. The fourth-order valence-corrected chi connectivity index (χ4v) is 4.92. The van der Waals surface area contributed by atoms with Gasteiger partial charge in [0.25, 0.3) is 0 Å². The van der Waals surface area contributed by atoms with E-state index in [4.69, 9.17) is 14.5 Å². The van der Waals surface area contributed by atoms with Gasteiger partial charge < -0.3 is 14.0 Å². The molecule has 3 aromatic rings. The SMILES string of the molecule is C[S+]([O-])c1ccc(-c2ccc(CN3CCCC3c3ccc4c(c3)OCCO4)nc2)cc1. The molecule has 2 aliphatic heterocycles. The Morgan fingerprint density at radius 2 is 1.77 bits per heavy atom. The summed E-state index contributed by atoms with van der Waals surface area (Å²) in [7, 11) is 0. The molecule has 2 unspecified atom stereocenters. The van der Waals surface area contributed by atoms with Crippen molar-refractivity contribution >= 4 is 11.2 Å². The predicted molar refractivity (Wildman–Crippen MR) is 122 cm³/mol. The summed E-state index contributed by atoms with van der Waals surface area (Å²) in [5, 5.41) is 0. The molecule has 1 fully saturated rings. The van der Waals surface area contributed by atoms with E-state index in [1.165, 1.54) is 12.0 Å². The molecule has 0 aliphatic carbocycles. The van der Waals surface area contributed by atoms with E-state index in [2.05, 4.69) is 29.2 Å². The van der Waals surface area contributed by atoms with E-state index in [0.717, 1.165) is 52.7 Å². The summed E-state index contributed by atoms with van der Waals surface area (Å²) in [5.41, 5.74) is 4.51. The number of fused-ring (bicyclic) bond motifs is 1. The molecule has 0 radical (unpaired) electrons. The van der Waals surface area contributed by atoms with E-state index in [1.807, 2.05) is 36.5 Å². The first kappa shape index (κ1) is 20.4. The molecule has 2 atom stereocenters. The molecule has 1 saturated heterocycles. The fourth-order valence-electron chi connectivity index (χ4n) is 4.40. The molecule has 160 valence electrons. The summed E-state index contributed by atoms with van der Waals surface area (Å²) < 4.78 is 23.0. The molecule has 31 heavy (non-hydrogen) atoms. The lowest BCUT2D eigenvalue weighted by Crippen LogP contribution is -2.23. The number of aromatic nitrogens is 1. The highest BCUT2D eigenvalue weighted by Gasteiger charge is 2.27. The van der Waals surface area contributed by atoms with Gasteiger partial charge in [0.1, 0.15) is 19.5 Å². The normalized spacial score (nSPS) is 19.4. The topological polar surface area (TPSA) is 57.7 Å². The third kappa shape index (κ3) is 4.42. The molecule has 6 heteroatoms. The van der Waals surface area contributed by atoms with Crippen molar-refractivity contribution in [2.24, 2.45) is 0 Å². The molecule has 2 aromatic carbocycles. The van der Waals surface area contributed by atoms with Gasteiger partial charge >= 0.3 is 0 Å². The van der Waals surface area contributed by atoms with Gasteiger partial charge in [0, 0.05) is 24.3 Å². The summed E-state index contributed by atoms with van der Waals surface area (Å²) in [6, 6.07) is 18.8. The Morgan fingerprint density at radius 1 is 1.00 bits per heavy atom. The number of likely N-dealkylation sites (tertiary alicyclic amines) is 1. The Hall–Kier alpha value is -2.54. The quantitative estimate of drug-likeness (QED) is 0.550. The zero-order valence-corrected chi connectivity index (χ0v) is 18.4. The van der Waals surface area contributed by atoms with Gasteiger partial charge in [-0.3, -0.25) is 9.88 Å². The third-order valence-electron chi connectivity index (χ3n) is 6.02. The van der Waals surface area contributed by atoms with Crippen LogP contribution < -0.4 is 9.47 Å². The van der Waals surface area contributed by atoms with Crippen LogP contribution in [-0.2, 0) is 17.7 Å². The number of rotatable bonds is 5. The Morgan fingerprint density at radius 3 is 2.52 bits per heavy atom. The number of benzene rings is 2. The lowest BCUT2D eigenvalue weighted by molar-refractivity contribution is 0.170. The van der Waals surface area contributed by atoms with Crippen LogP contribution in [0.5, 0.6) is 11.5 Å². The average molecular weight is 435 g/mol. The Kier molecular flexibility index (Phi) is 5.85. The van der Waals surface area contributed by atoms with Crippen molar-refractivity contribution in [2.45, 2.75) is 30.3 Å². The van der Waals surface area contributed by atoms with E-state index in [0.29, 0.717) is 19.3 Å². The van der Waals surface area contributed by atoms with Gasteiger partial charge in [-0.2, -0.15) is 0 Å². The lowest BCUT2D eigenvalue weighted by Gasteiger charge is -2.26. The van der Waals surface area contributed by atoms with Crippen LogP contribution in [-0.4, -0.2) is 40.5 Å². The standard InChI is InChI=1S/C25H26N2O3S/c1-31(28)22-9-5-18(6-10-22)20-4-8-21(26-16-20)17-27-12-2-3-23(27)19-7-11-24-25(15-19)30-14-13-29-24/h4-11,15-16,23H,2-3,12-14,17H2,1H3. The summed E-state index contributed by atoms with van der Waals surface area (Å²) >= 11 is -0.957. The first-order chi connectivity index (χ1) is 15.2. The number of hydrogen-bond donors (Lipinski definition) is 0. The van der Waals surface area contributed by atoms with Crippen molar-refractivity contribution in [3.8, 4) is 22.6 Å².